The van der Waals surface area contributed by atoms with Gasteiger partial charge in [0.1, 0.15) is 5.75 Å². The fourth-order valence-corrected chi connectivity index (χ4v) is 5.14. The smallest absolute Gasteiger partial charge is 0.119 e. The third kappa shape index (κ3) is 5.23. The Balaban J connectivity index is 1.71. The van der Waals surface area contributed by atoms with Crippen molar-refractivity contribution in [2.75, 3.05) is 44.7 Å². The highest BCUT2D eigenvalue weighted by Crippen LogP contribution is 2.45. The van der Waals surface area contributed by atoms with E-state index in [1.807, 2.05) is 0 Å². The normalized spacial score (nSPS) is 24.4. The average Bonchev–Trinajstić information content (AvgIpc) is 2.71. The summed E-state index contributed by atoms with van der Waals surface area (Å²) in [6, 6.07) is 6.82. The fraction of sp³-hybridized carbons (Fsp3) is 0.760. The van der Waals surface area contributed by atoms with Gasteiger partial charge in [-0.05, 0) is 79.7 Å². The molecule has 1 aliphatic carbocycles. The van der Waals surface area contributed by atoms with E-state index in [2.05, 4.69) is 55.7 Å². The Morgan fingerprint density at radius 1 is 1.00 bits per heavy atom. The number of piperazine rings is 1. The highest BCUT2D eigenvalue weighted by molar-refractivity contribution is 5.58. The van der Waals surface area contributed by atoms with Crippen LogP contribution in [0.25, 0.3) is 0 Å². The summed E-state index contributed by atoms with van der Waals surface area (Å²) in [6.07, 6.45) is 7.97. The first kappa shape index (κ1) is 21.5. The van der Waals surface area contributed by atoms with Crippen molar-refractivity contribution in [3.63, 3.8) is 0 Å². The van der Waals surface area contributed by atoms with Crippen molar-refractivity contribution < 1.29 is 4.74 Å². The molecule has 1 heterocycles. The van der Waals surface area contributed by atoms with Crippen molar-refractivity contribution in [3.05, 3.63) is 23.8 Å². The second kappa shape index (κ2) is 9.52. The molecular formula is C25H42N2O. The molecular weight excluding hydrogens is 344 g/mol. The Morgan fingerprint density at radius 3 is 2.25 bits per heavy atom. The van der Waals surface area contributed by atoms with Crippen LogP contribution in [0.15, 0.2) is 18.2 Å². The van der Waals surface area contributed by atoms with E-state index in [-0.39, 0.29) is 0 Å². The van der Waals surface area contributed by atoms with Crippen LogP contribution in [0.1, 0.15) is 77.7 Å². The van der Waals surface area contributed by atoms with Gasteiger partial charge in [-0.2, -0.15) is 0 Å². The molecule has 0 amide bonds. The number of unbranched alkanes of at least 4 members (excludes halogenated alkanes) is 1. The van der Waals surface area contributed by atoms with Gasteiger partial charge in [-0.1, -0.05) is 34.1 Å². The van der Waals surface area contributed by atoms with Gasteiger partial charge in [0.2, 0.25) is 0 Å². The second-order valence-corrected chi connectivity index (χ2v) is 10.0. The lowest BCUT2D eigenvalue weighted by atomic mass is 9.68. The van der Waals surface area contributed by atoms with E-state index in [4.69, 9.17) is 4.74 Å². The molecule has 28 heavy (non-hydrogen) atoms. The van der Waals surface area contributed by atoms with Crippen molar-refractivity contribution >= 4 is 5.69 Å². The Kier molecular flexibility index (Phi) is 7.31. The third-order valence-electron chi connectivity index (χ3n) is 7.17. The molecule has 0 atom stereocenters. The minimum absolute atomic E-state index is 0.441. The number of benzene rings is 1. The number of rotatable bonds is 6. The quantitative estimate of drug-likeness (QED) is 0.602. The van der Waals surface area contributed by atoms with E-state index in [9.17, 15) is 0 Å². The molecule has 158 valence electrons. The van der Waals surface area contributed by atoms with E-state index < -0.39 is 0 Å². The van der Waals surface area contributed by atoms with Crippen LogP contribution in [-0.2, 0) is 0 Å². The summed E-state index contributed by atoms with van der Waals surface area (Å²) < 4.78 is 5.60. The van der Waals surface area contributed by atoms with Gasteiger partial charge >= 0.3 is 0 Å². The average molecular weight is 387 g/mol. The van der Waals surface area contributed by atoms with Crippen LogP contribution in [-0.4, -0.2) is 44.7 Å². The van der Waals surface area contributed by atoms with Gasteiger partial charge < -0.3 is 9.64 Å². The molecule has 1 aromatic rings. The molecule has 2 fully saturated rings. The van der Waals surface area contributed by atoms with Crippen molar-refractivity contribution in [3.8, 4) is 5.75 Å². The lowest BCUT2D eigenvalue weighted by Gasteiger charge is -2.40. The zero-order valence-corrected chi connectivity index (χ0v) is 19.0. The minimum atomic E-state index is 0.441. The molecule has 1 saturated carbocycles. The summed E-state index contributed by atoms with van der Waals surface area (Å²) in [4.78, 5) is 5.27. The van der Waals surface area contributed by atoms with Gasteiger partial charge in [0.05, 0.1) is 7.11 Å². The van der Waals surface area contributed by atoms with Crippen molar-refractivity contribution in [1.29, 1.82) is 0 Å². The highest BCUT2D eigenvalue weighted by atomic mass is 16.5. The van der Waals surface area contributed by atoms with Crippen LogP contribution < -0.4 is 9.64 Å². The van der Waals surface area contributed by atoms with E-state index in [0.29, 0.717) is 11.3 Å². The molecule has 0 aromatic heterocycles. The Hall–Kier alpha value is -1.22. The van der Waals surface area contributed by atoms with Gasteiger partial charge in [-0.15, -0.1) is 0 Å². The Bertz CT molecular complexity index is 605. The lowest BCUT2D eigenvalue weighted by molar-refractivity contribution is 0.169. The molecule has 2 aliphatic rings. The first-order valence-electron chi connectivity index (χ1n) is 11.6. The highest BCUT2D eigenvalue weighted by Gasteiger charge is 2.32. The summed E-state index contributed by atoms with van der Waals surface area (Å²) in [5.41, 5.74) is 3.45. The van der Waals surface area contributed by atoms with E-state index >= 15 is 0 Å². The molecule has 0 spiro atoms. The Morgan fingerprint density at radius 2 is 1.68 bits per heavy atom. The third-order valence-corrected chi connectivity index (χ3v) is 7.17. The lowest BCUT2D eigenvalue weighted by Crippen LogP contribution is -2.47. The summed E-state index contributed by atoms with van der Waals surface area (Å²) in [7, 11) is 1.79. The number of nitrogens with zero attached hydrogens (tertiary/aromatic N) is 2. The number of methoxy groups -OCH3 is 1. The minimum Gasteiger partial charge on any atom is -0.497 e. The van der Waals surface area contributed by atoms with Crippen LogP contribution in [0.2, 0.25) is 0 Å². The van der Waals surface area contributed by atoms with Crippen molar-refractivity contribution in [1.82, 2.24) is 4.90 Å². The molecule has 0 N–H and O–H groups in total. The molecule has 3 nitrogen and oxygen atoms in total. The standard InChI is InChI=1S/C25H42N2O/c1-6-7-14-26-15-17-27(18-16-26)24-13-12-22(28-5)19-23(24)20-8-10-21(11-9-20)25(2,3)4/h12-13,19-21H,6-11,14-18H2,1-5H3. The molecule has 0 bridgehead atoms. The van der Waals surface area contributed by atoms with Crippen LogP contribution in [0.4, 0.5) is 5.69 Å². The van der Waals surface area contributed by atoms with Gasteiger partial charge in [0.25, 0.3) is 0 Å². The molecule has 3 rings (SSSR count). The van der Waals surface area contributed by atoms with E-state index in [1.165, 1.54) is 69.4 Å². The van der Waals surface area contributed by atoms with E-state index in [0.717, 1.165) is 24.8 Å². The maximum absolute atomic E-state index is 5.60. The first-order chi connectivity index (χ1) is 13.4. The summed E-state index contributed by atoms with van der Waals surface area (Å²) in [6.45, 7) is 15.5. The number of anilines is 1. The van der Waals surface area contributed by atoms with Crippen LogP contribution in [0, 0.1) is 11.3 Å². The molecule has 1 aromatic carbocycles. The molecule has 1 saturated heterocycles. The topological polar surface area (TPSA) is 15.7 Å². The molecule has 0 unspecified atom stereocenters. The first-order valence-corrected chi connectivity index (χ1v) is 11.6. The largest absolute Gasteiger partial charge is 0.497 e. The summed E-state index contributed by atoms with van der Waals surface area (Å²) in [5, 5.41) is 0. The van der Waals surface area contributed by atoms with Crippen LogP contribution >= 0.6 is 0 Å². The number of hydrogen-bond donors (Lipinski definition) is 0. The van der Waals surface area contributed by atoms with Crippen LogP contribution in [0.3, 0.4) is 0 Å². The second-order valence-electron chi connectivity index (χ2n) is 10.0. The maximum Gasteiger partial charge on any atom is 0.119 e. The predicted molar refractivity (Wildman–Crippen MR) is 121 cm³/mol. The SMILES string of the molecule is CCCCN1CCN(c2ccc(OC)cc2C2CCC(C(C)(C)C)CC2)CC1. The maximum atomic E-state index is 5.60. The molecule has 0 radical (unpaired) electrons. The van der Waals surface area contributed by atoms with Crippen molar-refractivity contribution in [2.45, 2.75) is 72.1 Å². The van der Waals surface area contributed by atoms with Gasteiger partial charge in [-0.3, -0.25) is 4.90 Å². The molecule has 1 aliphatic heterocycles. The van der Waals surface area contributed by atoms with Gasteiger partial charge in [-0.25, -0.2) is 0 Å². The van der Waals surface area contributed by atoms with Crippen LogP contribution in [0.5, 0.6) is 5.75 Å². The zero-order valence-electron chi connectivity index (χ0n) is 19.0. The van der Waals surface area contributed by atoms with E-state index in [1.54, 1.807) is 7.11 Å². The predicted octanol–water partition coefficient (Wildman–Crippen LogP) is 5.94. The fourth-order valence-electron chi connectivity index (χ4n) is 5.14. The zero-order chi connectivity index (χ0) is 20.1. The number of ether oxygens (including phenoxy) is 1. The number of hydrogen-bond acceptors (Lipinski definition) is 3. The Labute approximate surface area is 173 Å². The van der Waals surface area contributed by atoms with Gasteiger partial charge in [0, 0.05) is 31.9 Å². The van der Waals surface area contributed by atoms with Gasteiger partial charge in [0.15, 0.2) is 0 Å². The van der Waals surface area contributed by atoms with Crippen molar-refractivity contribution in [2.24, 2.45) is 11.3 Å². The summed E-state index contributed by atoms with van der Waals surface area (Å²) in [5.74, 6) is 2.56. The molecule has 3 heteroatoms. The monoisotopic (exact) mass is 386 g/mol. The summed E-state index contributed by atoms with van der Waals surface area (Å²) >= 11 is 0.